The van der Waals surface area contributed by atoms with Gasteiger partial charge in [0, 0.05) is 25.9 Å². The molecular formula is C21H23FN6O5S. The summed E-state index contributed by atoms with van der Waals surface area (Å²) in [5.74, 6) is -0.441. The van der Waals surface area contributed by atoms with Gasteiger partial charge in [-0.15, -0.1) is 0 Å². The zero-order valence-electron chi connectivity index (χ0n) is 18.1. The van der Waals surface area contributed by atoms with Crippen LogP contribution in [0.15, 0.2) is 55.1 Å². The zero-order chi connectivity index (χ0) is 24.3. The van der Waals surface area contributed by atoms with Crippen LogP contribution in [0.4, 0.5) is 10.2 Å². The van der Waals surface area contributed by atoms with Crippen LogP contribution in [0.1, 0.15) is 28.0 Å². The SMILES string of the molecule is CNS(=O)(=O)O[C@@H]1C[C@@H](Nc2ncncc2C(=O)c2ccn(Cc3ccccc3)n2)[C@@H](F)[C@@H]1O. The third-order valence-electron chi connectivity index (χ3n) is 5.42. The van der Waals surface area contributed by atoms with Crippen molar-refractivity contribution in [1.29, 1.82) is 0 Å². The van der Waals surface area contributed by atoms with Crippen LogP contribution in [-0.4, -0.2) is 70.5 Å². The predicted octanol–water partition coefficient (Wildman–Crippen LogP) is 0.685. The number of carbonyl (C=O) groups is 1. The fourth-order valence-electron chi connectivity index (χ4n) is 3.67. The minimum Gasteiger partial charge on any atom is -0.387 e. The Labute approximate surface area is 195 Å². The average Bonchev–Trinajstić information content (AvgIpc) is 3.40. The van der Waals surface area contributed by atoms with Gasteiger partial charge >= 0.3 is 10.3 Å². The monoisotopic (exact) mass is 490 g/mol. The maximum absolute atomic E-state index is 14.7. The Hall–Kier alpha value is -3.26. The van der Waals surface area contributed by atoms with Gasteiger partial charge in [0.05, 0.1) is 18.2 Å². The zero-order valence-corrected chi connectivity index (χ0v) is 18.9. The third-order valence-corrected chi connectivity index (χ3v) is 6.42. The van der Waals surface area contributed by atoms with Gasteiger partial charge in [-0.2, -0.15) is 18.2 Å². The first-order valence-electron chi connectivity index (χ1n) is 10.4. The van der Waals surface area contributed by atoms with E-state index in [0.29, 0.717) is 6.54 Å². The van der Waals surface area contributed by atoms with Gasteiger partial charge in [0.1, 0.15) is 36.2 Å². The lowest BCUT2D eigenvalue weighted by Gasteiger charge is -2.17. The topological polar surface area (TPSA) is 148 Å². The average molecular weight is 491 g/mol. The molecule has 11 nitrogen and oxygen atoms in total. The van der Waals surface area contributed by atoms with Crippen molar-refractivity contribution in [2.24, 2.45) is 0 Å². The van der Waals surface area contributed by atoms with E-state index in [9.17, 15) is 22.7 Å². The van der Waals surface area contributed by atoms with Gasteiger partial charge in [0.2, 0.25) is 5.78 Å². The first-order chi connectivity index (χ1) is 16.3. The Bertz CT molecular complexity index is 1260. The fourth-order valence-corrected chi connectivity index (χ4v) is 4.29. The van der Waals surface area contributed by atoms with E-state index < -0.39 is 40.5 Å². The number of benzene rings is 1. The van der Waals surface area contributed by atoms with Crippen LogP contribution in [-0.2, 0) is 21.0 Å². The van der Waals surface area contributed by atoms with E-state index in [0.717, 1.165) is 12.6 Å². The van der Waals surface area contributed by atoms with Gasteiger partial charge in [-0.1, -0.05) is 30.3 Å². The Balaban J connectivity index is 1.50. The number of aliphatic hydroxyl groups is 1. The summed E-state index contributed by atoms with van der Waals surface area (Å²) in [4.78, 5) is 21.0. The van der Waals surface area contributed by atoms with E-state index in [1.54, 1.807) is 16.9 Å². The Morgan fingerprint density at radius 1 is 1.29 bits per heavy atom. The molecule has 0 radical (unpaired) electrons. The largest absolute Gasteiger partial charge is 0.387 e. The number of aliphatic hydroxyl groups excluding tert-OH is 1. The molecule has 3 aromatic rings. The Morgan fingerprint density at radius 2 is 2.06 bits per heavy atom. The molecule has 0 amide bonds. The molecule has 1 aromatic carbocycles. The van der Waals surface area contributed by atoms with Gasteiger partial charge in [-0.3, -0.25) is 13.7 Å². The molecule has 34 heavy (non-hydrogen) atoms. The van der Waals surface area contributed by atoms with Crippen LogP contribution < -0.4 is 10.0 Å². The lowest BCUT2D eigenvalue weighted by Crippen LogP contribution is -2.35. The molecule has 1 fully saturated rings. The summed E-state index contributed by atoms with van der Waals surface area (Å²) >= 11 is 0. The van der Waals surface area contributed by atoms with Crippen molar-refractivity contribution in [2.75, 3.05) is 12.4 Å². The van der Waals surface area contributed by atoms with E-state index in [-0.39, 0.29) is 23.5 Å². The van der Waals surface area contributed by atoms with Gasteiger partial charge in [-0.25, -0.2) is 14.4 Å². The normalized spacial score (nSPS) is 22.6. The molecule has 2 heterocycles. The smallest absolute Gasteiger partial charge is 0.335 e. The predicted molar refractivity (Wildman–Crippen MR) is 119 cm³/mol. The molecule has 4 rings (SSSR count). The van der Waals surface area contributed by atoms with E-state index in [2.05, 4.69) is 20.4 Å². The third kappa shape index (κ3) is 5.28. The highest BCUT2D eigenvalue weighted by molar-refractivity contribution is 7.84. The molecule has 0 bridgehead atoms. The molecule has 0 spiro atoms. The summed E-state index contributed by atoms with van der Waals surface area (Å²) in [5, 5.41) is 17.2. The first-order valence-corrected chi connectivity index (χ1v) is 11.8. The van der Waals surface area contributed by atoms with Gasteiger partial charge < -0.3 is 10.4 Å². The fraction of sp³-hybridized carbons (Fsp3) is 0.333. The quantitative estimate of drug-likeness (QED) is 0.368. The van der Waals surface area contributed by atoms with Gasteiger partial charge in [0.25, 0.3) is 0 Å². The molecule has 4 atom stereocenters. The van der Waals surface area contributed by atoms with E-state index in [1.165, 1.54) is 12.5 Å². The number of anilines is 1. The second-order valence-corrected chi connectivity index (χ2v) is 9.22. The molecule has 180 valence electrons. The first kappa shape index (κ1) is 23.9. The van der Waals surface area contributed by atoms with Crippen molar-refractivity contribution in [2.45, 2.75) is 37.4 Å². The molecule has 2 aromatic heterocycles. The van der Waals surface area contributed by atoms with Crippen LogP contribution >= 0.6 is 0 Å². The number of hydrogen-bond donors (Lipinski definition) is 3. The molecule has 1 aliphatic carbocycles. The number of hydrogen-bond acceptors (Lipinski definition) is 9. The van der Waals surface area contributed by atoms with Crippen molar-refractivity contribution in [1.82, 2.24) is 24.5 Å². The van der Waals surface area contributed by atoms with Crippen molar-refractivity contribution in [3.63, 3.8) is 0 Å². The van der Waals surface area contributed by atoms with Crippen LogP contribution in [0.2, 0.25) is 0 Å². The maximum atomic E-state index is 14.7. The number of carbonyl (C=O) groups excluding carboxylic acids is 1. The number of nitrogens with one attached hydrogen (secondary N) is 2. The van der Waals surface area contributed by atoms with E-state index in [4.69, 9.17) is 4.18 Å². The summed E-state index contributed by atoms with van der Waals surface area (Å²) < 4.78 is 46.4. The van der Waals surface area contributed by atoms with Gasteiger partial charge in [0.15, 0.2) is 0 Å². The minimum atomic E-state index is -4.13. The summed E-state index contributed by atoms with van der Waals surface area (Å²) in [6, 6.07) is 10.1. The molecule has 1 saturated carbocycles. The Kier molecular flexibility index (Phi) is 6.97. The molecular weight excluding hydrogens is 467 g/mol. The summed E-state index contributed by atoms with van der Waals surface area (Å²) in [5.41, 5.74) is 1.22. The number of ketones is 1. The number of rotatable bonds is 9. The summed E-state index contributed by atoms with van der Waals surface area (Å²) in [6.45, 7) is 0.477. The molecule has 3 N–H and O–H groups in total. The van der Waals surface area contributed by atoms with Crippen LogP contribution in [0.3, 0.4) is 0 Å². The number of aromatic nitrogens is 4. The van der Waals surface area contributed by atoms with Gasteiger partial charge in [-0.05, 0) is 11.6 Å². The molecule has 0 aliphatic heterocycles. The molecule has 0 unspecified atom stereocenters. The highest BCUT2D eigenvalue weighted by atomic mass is 32.2. The maximum Gasteiger partial charge on any atom is 0.335 e. The lowest BCUT2D eigenvalue weighted by molar-refractivity contribution is 0.0248. The van der Waals surface area contributed by atoms with Crippen LogP contribution in [0, 0.1) is 0 Å². The van der Waals surface area contributed by atoms with Crippen molar-refractivity contribution < 1.29 is 26.9 Å². The lowest BCUT2D eigenvalue weighted by atomic mass is 10.1. The van der Waals surface area contributed by atoms with E-state index >= 15 is 0 Å². The standard InChI is InChI=1S/C21H23FN6O5S/c1-23-34(31,32)33-17-9-16(18(22)20(17)30)26-21-14(10-24-12-25-21)19(29)15-7-8-28(27-15)11-13-5-3-2-4-6-13/h2-8,10,12,16-18,20,23,30H,9,11H2,1H3,(H,24,25,26)/t16-,17-,18-,20-/m1/s1. The number of halogens is 1. The molecule has 1 aliphatic rings. The minimum absolute atomic E-state index is 0.0367. The second kappa shape index (κ2) is 9.93. The number of alkyl halides is 1. The summed E-state index contributed by atoms with van der Waals surface area (Å²) in [6.07, 6.45) is -0.884. The van der Waals surface area contributed by atoms with Crippen molar-refractivity contribution in [3.8, 4) is 0 Å². The number of nitrogens with zero attached hydrogens (tertiary/aromatic N) is 4. The van der Waals surface area contributed by atoms with Crippen molar-refractivity contribution >= 4 is 21.9 Å². The van der Waals surface area contributed by atoms with Crippen molar-refractivity contribution in [3.05, 3.63) is 71.9 Å². The second-order valence-electron chi connectivity index (χ2n) is 7.71. The molecule has 13 heteroatoms. The van der Waals surface area contributed by atoms with E-state index in [1.807, 2.05) is 35.1 Å². The summed E-state index contributed by atoms with van der Waals surface area (Å²) in [7, 11) is -2.99. The highest BCUT2D eigenvalue weighted by Crippen LogP contribution is 2.30. The Morgan fingerprint density at radius 3 is 2.79 bits per heavy atom. The van der Waals surface area contributed by atoms with Crippen LogP contribution in [0.5, 0.6) is 0 Å². The highest BCUT2D eigenvalue weighted by Gasteiger charge is 2.46. The van der Waals surface area contributed by atoms with Crippen LogP contribution in [0.25, 0.3) is 0 Å². The molecule has 0 saturated heterocycles.